The second-order valence-electron chi connectivity index (χ2n) is 5.28. The van der Waals surface area contributed by atoms with Crippen molar-refractivity contribution >= 4 is 9.84 Å². The van der Waals surface area contributed by atoms with Crippen LogP contribution in [-0.4, -0.2) is 38.7 Å². The number of aliphatic hydroxyl groups is 1. The number of hydrogen-bond donors (Lipinski definition) is 2. The molecule has 0 radical (unpaired) electrons. The van der Waals surface area contributed by atoms with Gasteiger partial charge in [-0.1, -0.05) is 0 Å². The Morgan fingerprint density at radius 3 is 2.35 bits per heavy atom. The van der Waals surface area contributed by atoms with Gasteiger partial charge in [0.05, 0.1) is 18.6 Å². The van der Waals surface area contributed by atoms with E-state index in [1.807, 2.05) is 0 Å². The number of hydrogen-bond acceptors (Lipinski definition) is 5. The molecular formula is C14H21NO4S. The van der Waals surface area contributed by atoms with Crippen LogP contribution >= 0.6 is 0 Å². The van der Waals surface area contributed by atoms with E-state index in [2.05, 4.69) is 5.32 Å². The predicted molar refractivity (Wildman–Crippen MR) is 76.7 cm³/mol. The molecule has 0 aromatic heterocycles. The molecule has 0 aliphatic carbocycles. The van der Waals surface area contributed by atoms with Crippen molar-refractivity contribution in [3.05, 3.63) is 23.3 Å². The van der Waals surface area contributed by atoms with E-state index in [4.69, 9.17) is 4.74 Å². The van der Waals surface area contributed by atoms with Gasteiger partial charge in [-0.3, -0.25) is 5.32 Å². The molecule has 1 aliphatic heterocycles. The number of methoxy groups -OCH3 is 1. The molecule has 20 heavy (non-hydrogen) atoms. The molecule has 1 saturated heterocycles. The van der Waals surface area contributed by atoms with Crippen LogP contribution in [0.1, 0.15) is 24.0 Å². The SMILES string of the molecule is COc1cc(C)c(S(=O)(=O)C2(CO)CCCN2)c(C)c1. The third-order valence-corrected chi connectivity index (χ3v) is 6.60. The number of aliphatic hydroxyl groups excluding tert-OH is 1. The number of benzene rings is 1. The van der Waals surface area contributed by atoms with E-state index < -0.39 is 21.3 Å². The van der Waals surface area contributed by atoms with E-state index in [1.165, 1.54) is 0 Å². The first-order valence-corrected chi connectivity index (χ1v) is 8.12. The molecule has 0 spiro atoms. The third kappa shape index (κ3) is 2.21. The molecule has 1 aromatic carbocycles. The van der Waals surface area contributed by atoms with Gasteiger partial charge in [-0.25, -0.2) is 8.42 Å². The Morgan fingerprint density at radius 2 is 1.95 bits per heavy atom. The maximum Gasteiger partial charge on any atom is 0.199 e. The average molecular weight is 299 g/mol. The summed E-state index contributed by atoms with van der Waals surface area (Å²) in [6.45, 7) is 3.69. The summed E-state index contributed by atoms with van der Waals surface area (Å²) in [6, 6.07) is 3.42. The number of rotatable bonds is 4. The van der Waals surface area contributed by atoms with Crippen LogP contribution in [-0.2, 0) is 9.84 Å². The molecular weight excluding hydrogens is 278 g/mol. The van der Waals surface area contributed by atoms with E-state index in [9.17, 15) is 13.5 Å². The summed E-state index contributed by atoms with van der Waals surface area (Å²) in [5.41, 5.74) is 1.28. The van der Waals surface area contributed by atoms with Crippen molar-refractivity contribution in [2.75, 3.05) is 20.3 Å². The fourth-order valence-electron chi connectivity index (χ4n) is 2.88. The summed E-state index contributed by atoms with van der Waals surface area (Å²) < 4.78 is 31.1. The van der Waals surface area contributed by atoms with Gasteiger partial charge in [-0.15, -0.1) is 0 Å². The van der Waals surface area contributed by atoms with Gasteiger partial charge in [-0.05, 0) is 56.5 Å². The predicted octanol–water partition coefficient (Wildman–Crippen LogP) is 1.16. The molecule has 1 aliphatic rings. The van der Waals surface area contributed by atoms with Gasteiger partial charge in [0.2, 0.25) is 0 Å². The molecule has 1 fully saturated rings. The maximum absolute atomic E-state index is 13.0. The number of sulfone groups is 1. The standard InChI is InChI=1S/C14H21NO4S/c1-10-7-12(19-3)8-11(2)13(10)20(17,18)14(9-16)5-4-6-15-14/h7-8,15-16H,4-6,9H2,1-3H3. The van der Waals surface area contributed by atoms with Gasteiger partial charge in [0.15, 0.2) is 9.84 Å². The lowest BCUT2D eigenvalue weighted by Gasteiger charge is -2.28. The average Bonchev–Trinajstić information content (AvgIpc) is 2.87. The lowest BCUT2D eigenvalue weighted by molar-refractivity contribution is 0.229. The summed E-state index contributed by atoms with van der Waals surface area (Å²) >= 11 is 0. The van der Waals surface area contributed by atoms with Crippen LogP contribution in [0.3, 0.4) is 0 Å². The minimum absolute atomic E-state index is 0.293. The number of ether oxygens (including phenoxy) is 1. The van der Waals surface area contributed by atoms with Crippen molar-refractivity contribution in [2.24, 2.45) is 0 Å². The van der Waals surface area contributed by atoms with E-state index in [1.54, 1.807) is 33.1 Å². The molecule has 1 atom stereocenters. The Morgan fingerprint density at radius 1 is 1.35 bits per heavy atom. The van der Waals surface area contributed by atoms with Crippen LogP contribution in [0.2, 0.25) is 0 Å². The van der Waals surface area contributed by atoms with E-state index in [-0.39, 0.29) is 0 Å². The Labute approximate surface area is 119 Å². The van der Waals surface area contributed by atoms with Crippen molar-refractivity contribution in [3.63, 3.8) is 0 Å². The molecule has 1 heterocycles. The fourth-order valence-corrected chi connectivity index (χ4v) is 5.11. The molecule has 2 N–H and O–H groups in total. The molecule has 1 unspecified atom stereocenters. The van der Waals surface area contributed by atoms with Crippen molar-refractivity contribution in [3.8, 4) is 5.75 Å². The Balaban J connectivity index is 2.60. The zero-order valence-electron chi connectivity index (χ0n) is 12.1. The molecule has 1 aromatic rings. The highest BCUT2D eigenvalue weighted by atomic mass is 32.2. The lowest BCUT2D eigenvalue weighted by Crippen LogP contribution is -2.50. The van der Waals surface area contributed by atoms with Gasteiger partial charge in [-0.2, -0.15) is 0 Å². The molecule has 0 amide bonds. The molecule has 0 saturated carbocycles. The third-order valence-electron chi connectivity index (χ3n) is 3.91. The first kappa shape index (κ1) is 15.3. The van der Waals surface area contributed by atoms with Gasteiger partial charge < -0.3 is 9.84 Å². The van der Waals surface area contributed by atoms with Crippen LogP contribution in [0.5, 0.6) is 5.75 Å². The first-order valence-electron chi connectivity index (χ1n) is 6.64. The van der Waals surface area contributed by atoms with Gasteiger partial charge in [0.25, 0.3) is 0 Å². The van der Waals surface area contributed by atoms with E-state index >= 15 is 0 Å². The monoisotopic (exact) mass is 299 g/mol. The first-order chi connectivity index (χ1) is 9.38. The van der Waals surface area contributed by atoms with Crippen molar-refractivity contribution in [2.45, 2.75) is 36.5 Å². The molecule has 2 rings (SSSR count). The minimum Gasteiger partial charge on any atom is -0.497 e. The number of nitrogens with one attached hydrogen (secondary N) is 1. The van der Waals surface area contributed by atoms with E-state index in [0.717, 1.165) is 6.42 Å². The molecule has 0 bridgehead atoms. The van der Waals surface area contributed by atoms with E-state index in [0.29, 0.717) is 34.7 Å². The molecule has 112 valence electrons. The van der Waals surface area contributed by atoms with Crippen molar-refractivity contribution in [1.82, 2.24) is 5.32 Å². The Hall–Kier alpha value is -1.11. The van der Waals surface area contributed by atoms with Crippen LogP contribution in [0.4, 0.5) is 0 Å². The van der Waals surface area contributed by atoms with Gasteiger partial charge in [0.1, 0.15) is 10.6 Å². The largest absolute Gasteiger partial charge is 0.497 e. The Kier molecular flexibility index (Phi) is 4.09. The quantitative estimate of drug-likeness (QED) is 0.872. The minimum atomic E-state index is -3.65. The topological polar surface area (TPSA) is 75.6 Å². The molecule has 6 heteroatoms. The Bertz CT molecular complexity index is 581. The normalized spacial score (nSPS) is 23.0. The zero-order chi connectivity index (χ0) is 15.0. The smallest absolute Gasteiger partial charge is 0.199 e. The maximum atomic E-state index is 13.0. The highest BCUT2D eigenvalue weighted by Crippen LogP contribution is 2.35. The fraction of sp³-hybridized carbons (Fsp3) is 0.571. The molecule has 5 nitrogen and oxygen atoms in total. The van der Waals surface area contributed by atoms with Crippen LogP contribution in [0.15, 0.2) is 17.0 Å². The van der Waals surface area contributed by atoms with Crippen LogP contribution in [0, 0.1) is 13.8 Å². The highest BCUT2D eigenvalue weighted by Gasteiger charge is 2.47. The van der Waals surface area contributed by atoms with Crippen LogP contribution < -0.4 is 10.1 Å². The second kappa shape index (κ2) is 5.35. The van der Waals surface area contributed by atoms with Crippen molar-refractivity contribution < 1.29 is 18.3 Å². The highest BCUT2D eigenvalue weighted by molar-refractivity contribution is 7.93. The van der Waals surface area contributed by atoms with Crippen LogP contribution in [0.25, 0.3) is 0 Å². The summed E-state index contributed by atoms with van der Waals surface area (Å²) in [7, 11) is -2.10. The summed E-state index contributed by atoms with van der Waals surface area (Å²) in [4.78, 5) is -0.960. The van der Waals surface area contributed by atoms with Gasteiger partial charge in [0, 0.05) is 0 Å². The second-order valence-corrected chi connectivity index (χ2v) is 7.47. The van der Waals surface area contributed by atoms with Crippen molar-refractivity contribution in [1.29, 1.82) is 0 Å². The van der Waals surface area contributed by atoms with Gasteiger partial charge >= 0.3 is 0 Å². The zero-order valence-corrected chi connectivity index (χ0v) is 12.9. The summed E-state index contributed by atoms with van der Waals surface area (Å²) in [5.74, 6) is 0.636. The summed E-state index contributed by atoms with van der Waals surface area (Å²) in [5, 5.41) is 12.6. The summed E-state index contributed by atoms with van der Waals surface area (Å²) in [6.07, 6.45) is 1.17. The number of aryl methyl sites for hydroxylation is 2. The lowest BCUT2D eigenvalue weighted by atomic mass is 10.1.